The van der Waals surface area contributed by atoms with Gasteiger partial charge in [-0.3, -0.25) is 14.5 Å². The molecule has 2 fully saturated rings. The van der Waals surface area contributed by atoms with Crippen LogP contribution in [0.5, 0.6) is 0 Å². The molecule has 4 rings (SSSR count). The van der Waals surface area contributed by atoms with Gasteiger partial charge in [0.1, 0.15) is 0 Å². The van der Waals surface area contributed by atoms with E-state index in [1.807, 2.05) is 31.2 Å². The smallest absolute Gasteiger partial charge is 0.233 e. The normalized spacial score (nSPS) is 27.7. The Balaban J connectivity index is 1.27. The van der Waals surface area contributed by atoms with Crippen LogP contribution in [0.15, 0.2) is 41.4 Å². The molecule has 0 spiro atoms. The Morgan fingerprint density at radius 1 is 1.17 bits per heavy atom. The molecule has 1 heterocycles. The van der Waals surface area contributed by atoms with Crippen LogP contribution in [-0.4, -0.2) is 42.3 Å². The maximum Gasteiger partial charge on any atom is 0.233 e. The molecule has 6 nitrogen and oxygen atoms in total. The molecule has 1 aromatic rings. The quantitative estimate of drug-likeness (QED) is 0.236. The third kappa shape index (κ3) is 4.04. The SMILES string of the molecule is CCNC(=NCc1cccc(Cl)c1)NCCCN1C(=O)C2C3C=CC(C3)C2C1=O. The van der Waals surface area contributed by atoms with Crippen LogP contribution >= 0.6 is 11.6 Å². The topological polar surface area (TPSA) is 73.8 Å². The molecular weight excluding hydrogens is 388 g/mol. The van der Waals surface area contributed by atoms with Crippen molar-refractivity contribution >= 4 is 29.4 Å². The molecule has 154 valence electrons. The van der Waals surface area contributed by atoms with Gasteiger partial charge in [-0.15, -0.1) is 0 Å². The third-order valence-electron chi connectivity index (χ3n) is 6.07. The summed E-state index contributed by atoms with van der Waals surface area (Å²) in [5.41, 5.74) is 1.04. The van der Waals surface area contributed by atoms with E-state index < -0.39 is 0 Å². The number of guanidine groups is 1. The zero-order valence-corrected chi connectivity index (χ0v) is 17.4. The molecule has 2 N–H and O–H groups in total. The van der Waals surface area contributed by atoms with Gasteiger partial charge in [0, 0.05) is 24.7 Å². The first-order valence-corrected chi connectivity index (χ1v) is 10.8. The zero-order valence-electron chi connectivity index (χ0n) is 16.6. The summed E-state index contributed by atoms with van der Waals surface area (Å²) in [5, 5.41) is 7.20. The maximum absolute atomic E-state index is 12.7. The summed E-state index contributed by atoms with van der Waals surface area (Å²) >= 11 is 6.02. The molecule has 2 aliphatic carbocycles. The van der Waals surface area contributed by atoms with E-state index in [1.54, 1.807) is 0 Å². The average molecular weight is 415 g/mol. The van der Waals surface area contributed by atoms with E-state index >= 15 is 0 Å². The van der Waals surface area contributed by atoms with E-state index in [0.29, 0.717) is 37.0 Å². The lowest BCUT2D eigenvalue weighted by Gasteiger charge is -2.18. The van der Waals surface area contributed by atoms with Crippen LogP contribution in [0.2, 0.25) is 5.02 Å². The molecule has 1 saturated heterocycles. The molecule has 0 radical (unpaired) electrons. The number of carbonyl (C=O) groups is 2. The Morgan fingerprint density at radius 2 is 1.90 bits per heavy atom. The molecule has 2 bridgehead atoms. The van der Waals surface area contributed by atoms with Crippen molar-refractivity contribution in [1.82, 2.24) is 15.5 Å². The molecule has 7 heteroatoms. The van der Waals surface area contributed by atoms with Crippen LogP contribution in [0.3, 0.4) is 0 Å². The van der Waals surface area contributed by atoms with Gasteiger partial charge in [0.25, 0.3) is 0 Å². The van der Waals surface area contributed by atoms with E-state index in [9.17, 15) is 9.59 Å². The van der Waals surface area contributed by atoms with Gasteiger partial charge in [0.2, 0.25) is 11.8 Å². The summed E-state index contributed by atoms with van der Waals surface area (Å²) in [6.45, 7) is 4.39. The summed E-state index contributed by atoms with van der Waals surface area (Å²) in [7, 11) is 0. The summed E-state index contributed by atoms with van der Waals surface area (Å²) in [6.07, 6.45) is 5.92. The number of amides is 2. The minimum atomic E-state index is -0.109. The van der Waals surface area contributed by atoms with E-state index in [4.69, 9.17) is 11.6 Å². The summed E-state index contributed by atoms with van der Waals surface area (Å²) in [6, 6.07) is 7.64. The highest BCUT2D eigenvalue weighted by Gasteiger charge is 2.58. The Morgan fingerprint density at radius 3 is 2.55 bits per heavy atom. The minimum absolute atomic E-state index is 0.0263. The molecule has 3 aliphatic rings. The summed E-state index contributed by atoms with van der Waals surface area (Å²) < 4.78 is 0. The van der Waals surface area contributed by atoms with Crippen molar-refractivity contribution in [2.45, 2.75) is 26.3 Å². The number of likely N-dealkylation sites (tertiary alicyclic amines) is 1. The van der Waals surface area contributed by atoms with E-state index in [2.05, 4.69) is 27.8 Å². The third-order valence-corrected chi connectivity index (χ3v) is 6.30. The van der Waals surface area contributed by atoms with E-state index in [1.165, 1.54) is 4.90 Å². The highest BCUT2D eigenvalue weighted by atomic mass is 35.5. The van der Waals surface area contributed by atoms with Crippen molar-refractivity contribution in [2.75, 3.05) is 19.6 Å². The standard InChI is InChI=1S/C22H27ClN4O2/c1-2-24-22(26-13-14-5-3-6-17(23)11-14)25-9-4-10-27-20(28)18-15-7-8-16(12-15)19(18)21(27)29/h3,5-8,11,15-16,18-19H,2,4,9-10,12-13H2,1H3,(H2,24,25,26). The van der Waals surface area contributed by atoms with Crippen LogP contribution in [0.1, 0.15) is 25.3 Å². The van der Waals surface area contributed by atoms with Gasteiger partial charge in [0.15, 0.2) is 5.96 Å². The first-order valence-electron chi connectivity index (χ1n) is 10.4. The fourth-order valence-corrected chi connectivity index (χ4v) is 4.99. The van der Waals surface area contributed by atoms with Crippen LogP contribution in [0, 0.1) is 23.7 Å². The van der Waals surface area contributed by atoms with Crippen LogP contribution in [-0.2, 0) is 16.1 Å². The fraction of sp³-hybridized carbons (Fsp3) is 0.500. The number of nitrogens with zero attached hydrogens (tertiary/aromatic N) is 2. The Labute approximate surface area is 176 Å². The van der Waals surface area contributed by atoms with Crippen molar-refractivity contribution in [3.63, 3.8) is 0 Å². The molecule has 4 atom stereocenters. The van der Waals surface area contributed by atoms with Crippen molar-refractivity contribution in [3.05, 3.63) is 47.0 Å². The molecule has 4 unspecified atom stereocenters. The monoisotopic (exact) mass is 414 g/mol. The van der Waals surface area contributed by atoms with Crippen LogP contribution < -0.4 is 10.6 Å². The summed E-state index contributed by atoms with van der Waals surface area (Å²) in [4.78, 5) is 31.5. The molecule has 1 saturated carbocycles. The second kappa shape index (κ2) is 8.57. The number of imide groups is 1. The minimum Gasteiger partial charge on any atom is -0.357 e. The predicted molar refractivity (Wildman–Crippen MR) is 113 cm³/mol. The van der Waals surface area contributed by atoms with Gasteiger partial charge >= 0.3 is 0 Å². The largest absolute Gasteiger partial charge is 0.357 e. The maximum atomic E-state index is 12.7. The van der Waals surface area contributed by atoms with Crippen molar-refractivity contribution in [2.24, 2.45) is 28.7 Å². The average Bonchev–Trinajstić information content (AvgIpc) is 3.38. The number of nitrogens with one attached hydrogen (secondary N) is 2. The van der Waals surface area contributed by atoms with E-state index in [0.717, 1.165) is 18.5 Å². The predicted octanol–water partition coefficient (Wildman–Crippen LogP) is 2.59. The highest BCUT2D eigenvalue weighted by Crippen LogP contribution is 2.52. The number of benzene rings is 1. The van der Waals surface area contributed by atoms with Gasteiger partial charge in [-0.05, 0) is 49.3 Å². The zero-order chi connectivity index (χ0) is 20.4. The van der Waals surface area contributed by atoms with Crippen molar-refractivity contribution in [1.29, 1.82) is 0 Å². The molecule has 29 heavy (non-hydrogen) atoms. The number of allylic oxidation sites excluding steroid dienone is 2. The first kappa shape index (κ1) is 20.0. The number of rotatable bonds is 7. The van der Waals surface area contributed by atoms with Crippen LogP contribution in [0.4, 0.5) is 0 Å². The second-order valence-electron chi connectivity index (χ2n) is 7.93. The Kier molecular flexibility index (Phi) is 5.90. The first-order chi connectivity index (χ1) is 14.1. The number of aliphatic imine (C=N–C) groups is 1. The van der Waals surface area contributed by atoms with Gasteiger partial charge in [-0.25, -0.2) is 4.99 Å². The lowest BCUT2D eigenvalue weighted by molar-refractivity contribution is -0.140. The molecule has 0 aromatic heterocycles. The van der Waals surface area contributed by atoms with E-state index in [-0.39, 0.29) is 35.5 Å². The highest BCUT2D eigenvalue weighted by molar-refractivity contribution is 6.30. The van der Waals surface area contributed by atoms with Crippen molar-refractivity contribution < 1.29 is 9.59 Å². The van der Waals surface area contributed by atoms with Gasteiger partial charge in [0.05, 0.1) is 18.4 Å². The second-order valence-corrected chi connectivity index (χ2v) is 8.37. The fourth-order valence-electron chi connectivity index (χ4n) is 4.78. The lowest BCUT2D eigenvalue weighted by Crippen LogP contribution is -2.40. The molecule has 2 amide bonds. The number of halogens is 1. The number of carbonyl (C=O) groups excluding carboxylic acids is 2. The van der Waals surface area contributed by atoms with Gasteiger partial charge in [-0.2, -0.15) is 0 Å². The number of hydrogen-bond donors (Lipinski definition) is 2. The van der Waals surface area contributed by atoms with Crippen molar-refractivity contribution in [3.8, 4) is 0 Å². The number of fused-ring (bicyclic) bond motifs is 5. The lowest BCUT2D eigenvalue weighted by atomic mass is 9.85. The number of hydrogen-bond acceptors (Lipinski definition) is 3. The summed E-state index contributed by atoms with van der Waals surface area (Å²) in [5.74, 6) is 1.08. The Bertz CT molecular complexity index is 823. The van der Waals surface area contributed by atoms with Gasteiger partial charge < -0.3 is 10.6 Å². The van der Waals surface area contributed by atoms with Gasteiger partial charge in [-0.1, -0.05) is 35.9 Å². The molecule has 1 aromatic carbocycles. The Hall–Kier alpha value is -2.34. The molecule has 1 aliphatic heterocycles. The molecular formula is C22H27ClN4O2. The van der Waals surface area contributed by atoms with Crippen LogP contribution in [0.25, 0.3) is 0 Å².